The first-order chi connectivity index (χ1) is 10.2. The Bertz CT molecular complexity index is 691. The van der Waals surface area contributed by atoms with Crippen LogP contribution in [0.3, 0.4) is 0 Å². The van der Waals surface area contributed by atoms with Gasteiger partial charge in [0.05, 0.1) is 10.9 Å². The summed E-state index contributed by atoms with van der Waals surface area (Å²) in [6, 6.07) is 7.23. The Morgan fingerprint density at radius 2 is 2.05 bits per heavy atom. The molecule has 1 aromatic heterocycles. The second-order valence-corrected chi connectivity index (χ2v) is 4.99. The van der Waals surface area contributed by atoms with Crippen LogP contribution in [-0.4, -0.2) is 22.0 Å². The second-order valence-electron chi connectivity index (χ2n) is 4.99. The zero-order chi connectivity index (χ0) is 15.2. The van der Waals surface area contributed by atoms with Crippen LogP contribution in [0.5, 0.6) is 0 Å². The number of aryl methyl sites for hydroxylation is 1. The average Bonchev–Trinajstić information content (AvgIpc) is 2.50. The van der Waals surface area contributed by atoms with Gasteiger partial charge in [-0.25, -0.2) is 4.98 Å². The van der Waals surface area contributed by atoms with Gasteiger partial charge >= 0.3 is 0 Å². The Hall–Kier alpha value is -2.17. The van der Waals surface area contributed by atoms with E-state index >= 15 is 0 Å². The molecule has 1 amide bonds. The number of rotatable bonds is 6. The summed E-state index contributed by atoms with van der Waals surface area (Å²) < 4.78 is 1.48. The van der Waals surface area contributed by atoms with Crippen LogP contribution in [0.1, 0.15) is 32.5 Å². The fourth-order valence-corrected chi connectivity index (χ4v) is 2.25. The number of hydrogen-bond donors (Lipinski definition) is 1. The summed E-state index contributed by atoms with van der Waals surface area (Å²) in [5, 5.41) is 3.38. The van der Waals surface area contributed by atoms with E-state index in [1.54, 1.807) is 6.07 Å². The molecular weight excluding hydrogens is 266 g/mol. The van der Waals surface area contributed by atoms with Gasteiger partial charge in [0.2, 0.25) is 5.91 Å². The molecule has 0 aliphatic heterocycles. The Morgan fingerprint density at radius 3 is 2.76 bits per heavy atom. The van der Waals surface area contributed by atoms with Crippen LogP contribution in [0.4, 0.5) is 0 Å². The van der Waals surface area contributed by atoms with E-state index in [0.717, 1.165) is 12.8 Å². The van der Waals surface area contributed by atoms with Crippen LogP contribution in [0.25, 0.3) is 10.9 Å². The van der Waals surface area contributed by atoms with Crippen LogP contribution < -0.4 is 10.9 Å². The normalized spacial score (nSPS) is 10.8. The number of unbranched alkanes of at least 4 members (excludes halogenated alkanes) is 1. The molecule has 0 aliphatic rings. The molecule has 0 radical (unpaired) electrons. The number of nitrogens with one attached hydrogen (secondary N) is 1. The van der Waals surface area contributed by atoms with Gasteiger partial charge in [0.1, 0.15) is 12.4 Å². The van der Waals surface area contributed by atoms with Gasteiger partial charge in [-0.1, -0.05) is 32.4 Å². The molecule has 5 heteroatoms. The SMILES string of the molecule is CCCCNC(=O)Cn1c(CC)nc2ccccc2c1=O. The zero-order valence-corrected chi connectivity index (χ0v) is 12.6. The van der Waals surface area contributed by atoms with Crippen molar-refractivity contribution in [2.24, 2.45) is 0 Å². The molecule has 2 rings (SSSR count). The van der Waals surface area contributed by atoms with Gasteiger partial charge in [0, 0.05) is 13.0 Å². The highest BCUT2D eigenvalue weighted by molar-refractivity contribution is 5.79. The first-order valence-electron chi connectivity index (χ1n) is 7.42. The van der Waals surface area contributed by atoms with Crippen molar-refractivity contribution in [3.8, 4) is 0 Å². The van der Waals surface area contributed by atoms with Crippen LogP contribution >= 0.6 is 0 Å². The standard InChI is InChI=1S/C16H21N3O2/c1-3-5-10-17-15(20)11-19-14(4-2)18-13-9-7-6-8-12(13)16(19)21/h6-9H,3-5,10-11H2,1-2H3,(H,17,20). The number of aromatic nitrogens is 2. The minimum absolute atomic E-state index is 0.0313. The lowest BCUT2D eigenvalue weighted by Crippen LogP contribution is -2.34. The summed E-state index contributed by atoms with van der Waals surface area (Å²) in [6.45, 7) is 4.68. The molecule has 0 saturated heterocycles. The first kappa shape index (κ1) is 15.2. The topological polar surface area (TPSA) is 64.0 Å². The van der Waals surface area contributed by atoms with E-state index in [1.165, 1.54) is 4.57 Å². The van der Waals surface area contributed by atoms with Crippen LogP contribution in [0, 0.1) is 0 Å². The monoisotopic (exact) mass is 287 g/mol. The molecule has 2 aromatic rings. The maximum atomic E-state index is 12.5. The van der Waals surface area contributed by atoms with Gasteiger partial charge in [-0.2, -0.15) is 0 Å². The van der Waals surface area contributed by atoms with Crippen molar-refractivity contribution < 1.29 is 4.79 Å². The molecule has 0 atom stereocenters. The summed E-state index contributed by atoms with van der Waals surface area (Å²) in [7, 11) is 0. The van der Waals surface area contributed by atoms with Gasteiger partial charge in [-0.15, -0.1) is 0 Å². The van der Waals surface area contributed by atoms with Crippen molar-refractivity contribution in [3.05, 3.63) is 40.4 Å². The highest BCUT2D eigenvalue weighted by atomic mass is 16.2. The lowest BCUT2D eigenvalue weighted by Gasteiger charge is -2.12. The van der Waals surface area contributed by atoms with Crippen molar-refractivity contribution >= 4 is 16.8 Å². The number of benzene rings is 1. The zero-order valence-electron chi connectivity index (χ0n) is 12.6. The number of amides is 1. The Labute approximate surface area is 124 Å². The molecule has 112 valence electrons. The molecule has 1 N–H and O–H groups in total. The molecule has 0 aliphatic carbocycles. The maximum absolute atomic E-state index is 12.5. The third-order valence-corrected chi connectivity index (χ3v) is 3.41. The predicted molar refractivity (Wildman–Crippen MR) is 83.3 cm³/mol. The van der Waals surface area contributed by atoms with E-state index in [4.69, 9.17) is 0 Å². The lowest BCUT2D eigenvalue weighted by atomic mass is 10.2. The summed E-state index contributed by atoms with van der Waals surface area (Å²) >= 11 is 0. The number of carbonyl (C=O) groups is 1. The number of para-hydroxylation sites is 1. The maximum Gasteiger partial charge on any atom is 0.261 e. The third kappa shape index (κ3) is 3.48. The predicted octanol–water partition coefficient (Wildman–Crippen LogP) is 1.88. The van der Waals surface area contributed by atoms with E-state index in [1.807, 2.05) is 25.1 Å². The molecule has 0 saturated carbocycles. The number of fused-ring (bicyclic) bond motifs is 1. The van der Waals surface area contributed by atoms with Gasteiger partial charge in [0.25, 0.3) is 5.56 Å². The van der Waals surface area contributed by atoms with Crippen LogP contribution in [0.2, 0.25) is 0 Å². The molecule has 5 nitrogen and oxygen atoms in total. The highest BCUT2D eigenvalue weighted by Crippen LogP contribution is 2.08. The van der Waals surface area contributed by atoms with Gasteiger partial charge < -0.3 is 5.32 Å². The van der Waals surface area contributed by atoms with Gasteiger partial charge in [-0.3, -0.25) is 14.2 Å². The summed E-state index contributed by atoms with van der Waals surface area (Å²) in [4.78, 5) is 28.9. The molecule has 0 fully saturated rings. The lowest BCUT2D eigenvalue weighted by molar-refractivity contribution is -0.121. The molecular formula is C16H21N3O2. The number of nitrogens with zero attached hydrogens (tertiary/aromatic N) is 2. The fraction of sp³-hybridized carbons (Fsp3) is 0.438. The minimum Gasteiger partial charge on any atom is -0.355 e. The summed E-state index contributed by atoms with van der Waals surface area (Å²) in [6.07, 6.45) is 2.58. The van der Waals surface area contributed by atoms with Crippen molar-refractivity contribution in [3.63, 3.8) is 0 Å². The van der Waals surface area contributed by atoms with E-state index in [-0.39, 0.29) is 18.0 Å². The van der Waals surface area contributed by atoms with Crippen molar-refractivity contribution in [1.29, 1.82) is 0 Å². The second kappa shape index (κ2) is 7.02. The molecule has 0 spiro atoms. The molecule has 1 aromatic carbocycles. The minimum atomic E-state index is -0.150. The Morgan fingerprint density at radius 1 is 1.29 bits per heavy atom. The first-order valence-corrected chi connectivity index (χ1v) is 7.42. The number of hydrogen-bond acceptors (Lipinski definition) is 3. The smallest absolute Gasteiger partial charge is 0.261 e. The van der Waals surface area contributed by atoms with Crippen molar-refractivity contribution in [1.82, 2.24) is 14.9 Å². The molecule has 0 bridgehead atoms. The number of carbonyl (C=O) groups excluding carboxylic acids is 1. The van der Waals surface area contributed by atoms with Crippen molar-refractivity contribution in [2.75, 3.05) is 6.54 Å². The van der Waals surface area contributed by atoms with Crippen molar-refractivity contribution in [2.45, 2.75) is 39.7 Å². The molecule has 0 unspecified atom stereocenters. The summed E-state index contributed by atoms with van der Waals surface area (Å²) in [5.74, 6) is 0.502. The van der Waals surface area contributed by atoms with Crippen LogP contribution in [-0.2, 0) is 17.8 Å². The van der Waals surface area contributed by atoms with E-state index in [2.05, 4.69) is 17.2 Å². The average molecular weight is 287 g/mol. The van der Waals surface area contributed by atoms with E-state index < -0.39 is 0 Å². The van der Waals surface area contributed by atoms with Gasteiger partial charge in [0.15, 0.2) is 0 Å². The molecule has 21 heavy (non-hydrogen) atoms. The Balaban J connectivity index is 2.32. The quantitative estimate of drug-likeness (QED) is 0.825. The summed E-state index contributed by atoms with van der Waals surface area (Å²) in [5.41, 5.74) is 0.532. The Kier molecular flexibility index (Phi) is 5.09. The highest BCUT2D eigenvalue weighted by Gasteiger charge is 2.12. The van der Waals surface area contributed by atoms with E-state index in [9.17, 15) is 9.59 Å². The largest absolute Gasteiger partial charge is 0.355 e. The molecule has 1 heterocycles. The van der Waals surface area contributed by atoms with E-state index in [0.29, 0.717) is 29.7 Å². The van der Waals surface area contributed by atoms with Crippen LogP contribution in [0.15, 0.2) is 29.1 Å². The fourth-order valence-electron chi connectivity index (χ4n) is 2.25. The third-order valence-electron chi connectivity index (χ3n) is 3.41. The van der Waals surface area contributed by atoms with Gasteiger partial charge in [-0.05, 0) is 18.6 Å².